The lowest BCUT2D eigenvalue weighted by Crippen LogP contribution is -2.08. The van der Waals surface area contributed by atoms with Crippen LogP contribution in [0.3, 0.4) is 0 Å². The van der Waals surface area contributed by atoms with Gasteiger partial charge in [0.15, 0.2) is 0 Å². The van der Waals surface area contributed by atoms with Crippen molar-refractivity contribution in [2.45, 2.75) is 19.4 Å². The maximum atomic E-state index is 14.0. The number of aromatic amines is 1. The minimum atomic E-state index is -0.973. The third-order valence-electron chi connectivity index (χ3n) is 4.81. The summed E-state index contributed by atoms with van der Waals surface area (Å²) in [4.78, 5) is 18.4. The average molecular weight is 433 g/mol. The Balaban J connectivity index is 1.77. The summed E-state index contributed by atoms with van der Waals surface area (Å²) in [7, 11) is 0. The molecule has 0 saturated heterocycles. The monoisotopic (exact) mass is 432 g/mol. The third kappa shape index (κ3) is 3.59. The Kier molecular flexibility index (Phi) is 5.02. The average Bonchev–Trinajstić information content (AvgIpc) is 3.30. The molecule has 0 bridgehead atoms. The molecule has 3 heterocycles. The van der Waals surface area contributed by atoms with Crippen LogP contribution in [0.2, 0.25) is 10.0 Å². The maximum Gasteiger partial charge on any atom is 0.325 e. The second kappa shape index (κ2) is 7.50. The van der Waals surface area contributed by atoms with Crippen molar-refractivity contribution in [3.05, 3.63) is 70.0 Å². The fraction of sp³-hybridized carbons (Fsp3) is 0.150. The number of H-pyrrole nitrogens is 1. The van der Waals surface area contributed by atoms with Crippen molar-refractivity contribution in [2.24, 2.45) is 0 Å². The fourth-order valence-corrected chi connectivity index (χ4v) is 4.07. The minimum Gasteiger partial charge on any atom is -0.480 e. The van der Waals surface area contributed by atoms with Crippen LogP contribution in [0.5, 0.6) is 0 Å². The van der Waals surface area contributed by atoms with Gasteiger partial charge in [0.25, 0.3) is 0 Å². The number of hydrogen-bond donors (Lipinski definition) is 2. The van der Waals surface area contributed by atoms with Gasteiger partial charge >= 0.3 is 5.97 Å². The topological polar surface area (TPSA) is 83.8 Å². The number of hydrogen-bond acceptors (Lipinski definition) is 3. The van der Waals surface area contributed by atoms with Crippen LogP contribution in [-0.4, -0.2) is 30.8 Å². The molecule has 0 aliphatic heterocycles. The predicted octanol–water partition coefficient (Wildman–Crippen LogP) is 5.11. The highest BCUT2D eigenvalue weighted by molar-refractivity contribution is 6.36. The van der Waals surface area contributed by atoms with E-state index in [1.807, 2.05) is 13.0 Å². The number of fused-ring (bicyclic) bond motifs is 1. The van der Waals surface area contributed by atoms with E-state index in [1.165, 1.54) is 16.8 Å². The molecule has 0 aliphatic carbocycles. The van der Waals surface area contributed by atoms with Gasteiger partial charge in [-0.1, -0.05) is 30.1 Å². The smallest absolute Gasteiger partial charge is 0.325 e. The first kappa shape index (κ1) is 19.4. The van der Waals surface area contributed by atoms with E-state index >= 15 is 0 Å². The number of aliphatic carboxylic acids is 1. The van der Waals surface area contributed by atoms with Crippen molar-refractivity contribution in [3.63, 3.8) is 0 Å². The van der Waals surface area contributed by atoms with E-state index in [0.717, 1.165) is 22.1 Å². The molecule has 6 nitrogen and oxygen atoms in total. The quantitative estimate of drug-likeness (QED) is 0.429. The number of carboxylic acid groups (broad SMARTS) is 1. The number of aromatic nitrogens is 4. The minimum absolute atomic E-state index is 0.00147. The SMILES string of the molecule is C[C@H](c1c(Cl)ccc(F)c1Cl)c1c[nH]c2ncc(-c3cnn(CC(=O)O)c3)cc12. The molecular formula is C20H15Cl2FN4O2. The van der Waals surface area contributed by atoms with Gasteiger partial charge in [0.1, 0.15) is 18.0 Å². The Hall–Kier alpha value is -2.90. The van der Waals surface area contributed by atoms with Crippen molar-refractivity contribution < 1.29 is 14.3 Å². The summed E-state index contributed by atoms with van der Waals surface area (Å²) in [5.74, 6) is -1.78. The van der Waals surface area contributed by atoms with E-state index in [9.17, 15) is 9.18 Å². The number of rotatable bonds is 5. The first-order chi connectivity index (χ1) is 13.8. The molecule has 9 heteroatoms. The summed E-state index contributed by atoms with van der Waals surface area (Å²) < 4.78 is 15.3. The van der Waals surface area contributed by atoms with Crippen LogP contribution in [0.1, 0.15) is 24.0 Å². The molecule has 0 unspecified atom stereocenters. The van der Waals surface area contributed by atoms with Gasteiger partial charge in [-0.25, -0.2) is 9.37 Å². The van der Waals surface area contributed by atoms with E-state index in [4.69, 9.17) is 28.3 Å². The maximum absolute atomic E-state index is 14.0. The van der Waals surface area contributed by atoms with E-state index < -0.39 is 11.8 Å². The Morgan fingerprint density at radius 2 is 2.10 bits per heavy atom. The highest BCUT2D eigenvalue weighted by Crippen LogP contribution is 2.39. The van der Waals surface area contributed by atoms with Crippen molar-refractivity contribution >= 4 is 40.2 Å². The predicted molar refractivity (Wildman–Crippen MR) is 109 cm³/mol. The zero-order chi connectivity index (χ0) is 20.7. The van der Waals surface area contributed by atoms with Crippen LogP contribution in [0, 0.1) is 5.82 Å². The Bertz CT molecular complexity index is 1230. The summed E-state index contributed by atoms with van der Waals surface area (Å²) in [6, 6.07) is 4.66. The van der Waals surface area contributed by atoms with Crippen LogP contribution in [0.4, 0.5) is 4.39 Å². The third-order valence-corrected chi connectivity index (χ3v) is 5.52. The molecule has 1 aromatic carbocycles. The van der Waals surface area contributed by atoms with Crippen molar-refractivity contribution in [1.29, 1.82) is 0 Å². The molecule has 4 aromatic rings. The Morgan fingerprint density at radius 3 is 2.86 bits per heavy atom. The van der Waals surface area contributed by atoms with Gasteiger partial charge in [0, 0.05) is 46.0 Å². The molecule has 0 spiro atoms. The van der Waals surface area contributed by atoms with Crippen molar-refractivity contribution in [1.82, 2.24) is 19.7 Å². The lowest BCUT2D eigenvalue weighted by Gasteiger charge is -2.15. The van der Waals surface area contributed by atoms with Gasteiger partial charge in [-0.05, 0) is 29.3 Å². The number of pyridine rings is 1. The van der Waals surface area contributed by atoms with Gasteiger partial charge < -0.3 is 10.1 Å². The first-order valence-electron chi connectivity index (χ1n) is 8.70. The normalized spacial score (nSPS) is 12.4. The zero-order valence-corrected chi connectivity index (χ0v) is 16.7. The second-order valence-corrected chi connectivity index (χ2v) is 7.45. The molecule has 3 aromatic heterocycles. The summed E-state index contributed by atoms with van der Waals surface area (Å²) in [6.07, 6.45) is 6.71. The number of carbonyl (C=O) groups is 1. The van der Waals surface area contributed by atoms with E-state index in [-0.39, 0.29) is 17.5 Å². The van der Waals surface area contributed by atoms with Crippen LogP contribution in [-0.2, 0) is 11.3 Å². The second-order valence-electron chi connectivity index (χ2n) is 6.66. The molecule has 0 fully saturated rings. The van der Waals surface area contributed by atoms with E-state index in [1.54, 1.807) is 24.8 Å². The fourth-order valence-electron chi connectivity index (χ4n) is 3.37. The molecule has 4 rings (SSSR count). The first-order valence-corrected chi connectivity index (χ1v) is 9.45. The summed E-state index contributed by atoms with van der Waals surface area (Å²) in [5.41, 5.74) is 3.55. The number of nitrogens with one attached hydrogen (secondary N) is 1. The molecular weight excluding hydrogens is 418 g/mol. The van der Waals surface area contributed by atoms with Gasteiger partial charge in [0.2, 0.25) is 0 Å². The summed E-state index contributed by atoms with van der Waals surface area (Å²) in [6.45, 7) is 1.67. The molecule has 1 atom stereocenters. The standard InChI is InChI=1S/C20H15Cl2FN4O2/c1-10(18-15(21)2-3-16(23)19(18)22)14-7-25-20-13(14)4-11(5-24-20)12-6-26-27(8-12)9-17(28)29/h2-8,10H,9H2,1H3,(H,24,25)(H,28,29)/t10-/m0/s1. The summed E-state index contributed by atoms with van der Waals surface area (Å²) >= 11 is 12.5. The lowest BCUT2D eigenvalue weighted by molar-refractivity contribution is -0.137. The molecule has 0 saturated carbocycles. The molecule has 0 radical (unpaired) electrons. The molecule has 2 N–H and O–H groups in total. The number of carboxylic acids is 1. The van der Waals surface area contributed by atoms with Crippen LogP contribution in [0.15, 0.2) is 43.0 Å². The van der Waals surface area contributed by atoms with E-state index in [2.05, 4.69) is 15.1 Å². The highest BCUT2D eigenvalue weighted by atomic mass is 35.5. The van der Waals surface area contributed by atoms with Gasteiger partial charge in [-0.3, -0.25) is 9.48 Å². The van der Waals surface area contributed by atoms with E-state index in [0.29, 0.717) is 16.2 Å². The zero-order valence-electron chi connectivity index (χ0n) is 15.2. The van der Waals surface area contributed by atoms with Crippen LogP contribution in [0.25, 0.3) is 22.2 Å². The van der Waals surface area contributed by atoms with Gasteiger partial charge in [0.05, 0.1) is 11.2 Å². The number of halogens is 3. The Labute approximate surface area is 174 Å². The molecule has 0 amide bonds. The van der Waals surface area contributed by atoms with Gasteiger partial charge in [-0.2, -0.15) is 5.10 Å². The lowest BCUT2D eigenvalue weighted by atomic mass is 9.92. The molecule has 29 heavy (non-hydrogen) atoms. The largest absolute Gasteiger partial charge is 0.480 e. The summed E-state index contributed by atoms with van der Waals surface area (Å²) in [5, 5.41) is 14.2. The Morgan fingerprint density at radius 1 is 1.31 bits per heavy atom. The highest BCUT2D eigenvalue weighted by Gasteiger charge is 2.22. The van der Waals surface area contributed by atoms with Crippen LogP contribution >= 0.6 is 23.2 Å². The van der Waals surface area contributed by atoms with Crippen molar-refractivity contribution in [3.8, 4) is 11.1 Å². The number of nitrogens with zero attached hydrogens (tertiary/aromatic N) is 3. The van der Waals surface area contributed by atoms with Crippen molar-refractivity contribution in [2.75, 3.05) is 0 Å². The molecule has 148 valence electrons. The molecule has 0 aliphatic rings. The number of benzene rings is 1. The van der Waals surface area contributed by atoms with Crippen LogP contribution < -0.4 is 0 Å². The van der Waals surface area contributed by atoms with Gasteiger partial charge in [-0.15, -0.1) is 0 Å².